The second-order valence-corrected chi connectivity index (χ2v) is 5.08. The van der Waals surface area contributed by atoms with E-state index in [1.54, 1.807) is 0 Å². The minimum atomic E-state index is 1.01. The van der Waals surface area contributed by atoms with Gasteiger partial charge in [-0.05, 0) is 51.3 Å². The summed E-state index contributed by atoms with van der Waals surface area (Å²) in [4.78, 5) is 6.66. The lowest BCUT2D eigenvalue weighted by atomic mass is 10.1. The van der Waals surface area contributed by atoms with Crippen molar-refractivity contribution in [3.63, 3.8) is 0 Å². The van der Waals surface area contributed by atoms with E-state index in [9.17, 15) is 0 Å². The van der Waals surface area contributed by atoms with Gasteiger partial charge in [0.25, 0.3) is 0 Å². The maximum absolute atomic E-state index is 4.35. The molecule has 2 heteroatoms. The van der Waals surface area contributed by atoms with Gasteiger partial charge in [-0.15, -0.1) is 0 Å². The van der Waals surface area contributed by atoms with Crippen LogP contribution in [0.2, 0.25) is 0 Å². The summed E-state index contributed by atoms with van der Waals surface area (Å²) >= 11 is 0. The standard InChI is InChI=1S/C17H22N2/c1-6-18-14(4)13(3)15(5)19-10-9-16-11-12(2)7-8-17(16)19/h6-8,11H,5,9-10H2,1-4H3/b14-13-,18-6-. The lowest BCUT2D eigenvalue weighted by Crippen LogP contribution is -2.20. The molecule has 1 aromatic carbocycles. The summed E-state index contributed by atoms with van der Waals surface area (Å²) in [5.41, 5.74) is 7.30. The van der Waals surface area contributed by atoms with Crippen LogP contribution < -0.4 is 4.90 Å². The molecule has 0 unspecified atom stereocenters. The number of aryl methyl sites for hydroxylation is 1. The van der Waals surface area contributed by atoms with Gasteiger partial charge >= 0.3 is 0 Å². The molecule has 2 rings (SSSR count). The Morgan fingerprint density at radius 3 is 2.79 bits per heavy atom. The molecule has 2 nitrogen and oxygen atoms in total. The van der Waals surface area contributed by atoms with Crippen molar-refractivity contribution in [3.05, 3.63) is 52.9 Å². The molecule has 19 heavy (non-hydrogen) atoms. The first kappa shape index (κ1) is 13.6. The SMILES string of the molecule is C=C(/C(C)=C(C)\N=C/C)N1CCc2cc(C)ccc21. The molecular formula is C17H22N2. The van der Waals surface area contributed by atoms with Crippen molar-refractivity contribution in [1.29, 1.82) is 0 Å². The van der Waals surface area contributed by atoms with Gasteiger partial charge in [0.15, 0.2) is 0 Å². The highest BCUT2D eigenvalue weighted by Gasteiger charge is 2.22. The predicted octanol–water partition coefficient (Wildman–Crippen LogP) is 4.26. The molecule has 100 valence electrons. The number of benzene rings is 1. The molecule has 0 fully saturated rings. The Morgan fingerprint density at radius 2 is 2.11 bits per heavy atom. The van der Waals surface area contributed by atoms with Crippen LogP contribution in [-0.4, -0.2) is 12.8 Å². The molecule has 0 saturated heterocycles. The first-order chi connectivity index (χ1) is 9.04. The van der Waals surface area contributed by atoms with Crippen LogP contribution in [0.1, 0.15) is 31.9 Å². The number of rotatable bonds is 3. The molecule has 1 aromatic rings. The number of aliphatic imine (C=N–C) groups is 1. The third-order valence-electron chi connectivity index (χ3n) is 3.75. The maximum Gasteiger partial charge on any atom is 0.0444 e. The van der Waals surface area contributed by atoms with Gasteiger partial charge in [-0.25, -0.2) is 0 Å². The zero-order chi connectivity index (χ0) is 14.0. The maximum atomic E-state index is 4.35. The number of anilines is 1. The molecule has 1 aliphatic rings. The highest BCUT2D eigenvalue weighted by atomic mass is 15.2. The third-order valence-corrected chi connectivity index (χ3v) is 3.75. The minimum Gasteiger partial charge on any atom is -0.341 e. The quantitative estimate of drug-likeness (QED) is 0.581. The van der Waals surface area contributed by atoms with Crippen molar-refractivity contribution in [3.8, 4) is 0 Å². The summed E-state index contributed by atoms with van der Waals surface area (Å²) in [5, 5.41) is 0. The Balaban J connectivity index is 2.32. The topological polar surface area (TPSA) is 15.6 Å². The van der Waals surface area contributed by atoms with Crippen LogP contribution in [0.15, 0.2) is 46.7 Å². The molecule has 0 amide bonds. The first-order valence-electron chi connectivity index (χ1n) is 6.77. The number of hydrogen-bond acceptors (Lipinski definition) is 2. The summed E-state index contributed by atoms with van der Waals surface area (Å²) < 4.78 is 0. The van der Waals surface area contributed by atoms with Gasteiger partial charge in [-0.2, -0.15) is 0 Å². The van der Waals surface area contributed by atoms with Crippen LogP contribution in [0.25, 0.3) is 0 Å². The van der Waals surface area contributed by atoms with Crippen LogP contribution >= 0.6 is 0 Å². The van der Waals surface area contributed by atoms with Crippen LogP contribution in [0.5, 0.6) is 0 Å². The molecular weight excluding hydrogens is 232 g/mol. The van der Waals surface area contributed by atoms with Gasteiger partial charge in [0.05, 0.1) is 0 Å². The van der Waals surface area contributed by atoms with E-state index in [4.69, 9.17) is 0 Å². The zero-order valence-electron chi connectivity index (χ0n) is 12.3. The third kappa shape index (κ3) is 2.62. The molecule has 0 saturated carbocycles. The highest BCUT2D eigenvalue weighted by molar-refractivity contribution is 5.65. The molecule has 1 heterocycles. The van der Waals surface area contributed by atoms with E-state index < -0.39 is 0 Å². The number of fused-ring (bicyclic) bond motifs is 1. The summed E-state index contributed by atoms with van der Waals surface area (Å²) in [7, 11) is 0. The summed E-state index contributed by atoms with van der Waals surface area (Å²) in [6.07, 6.45) is 2.92. The van der Waals surface area contributed by atoms with Crippen molar-refractivity contribution in [1.82, 2.24) is 0 Å². The number of allylic oxidation sites excluding steroid dienone is 2. The average molecular weight is 254 g/mol. The highest BCUT2D eigenvalue weighted by Crippen LogP contribution is 2.33. The lowest BCUT2D eigenvalue weighted by molar-refractivity contribution is 0.946. The van der Waals surface area contributed by atoms with Crippen LogP contribution in [0, 0.1) is 6.92 Å². The van der Waals surface area contributed by atoms with Gasteiger partial charge in [0.1, 0.15) is 0 Å². The van der Waals surface area contributed by atoms with Crippen molar-refractivity contribution < 1.29 is 0 Å². The molecule has 0 aliphatic carbocycles. The molecule has 0 atom stereocenters. The van der Waals surface area contributed by atoms with Gasteiger partial charge in [-0.3, -0.25) is 4.99 Å². The van der Waals surface area contributed by atoms with Crippen LogP contribution in [-0.2, 0) is 6.42 Å². The van der Waals surface area contributed by atoms with Gasteiger partial charge in [0, 0.05) is 29.8 Å². The number of nitrogens with zero attached hydrogens (tertiary/aromatic N) is 2. The normalized spacial score (nSPS) is 15.7. The summed E-state index contributed by atoms with van der Waals surface area (Å²) in [6, 6.07) is 6.65. The first-order valence-corrected chi connectivity index (χ1v) is 6.77. The Morgan fingerprint density at radius 1 is 1.37 bits per heavy atom. The molecule has 0 radical (unpaired) electrons. The van der Waals surface area contributed by atoms with Crippen LogP contribution in [0.4, 0.5) is 5.69 Å². The van der Waals surface area contributed by atoms with Crippen LogP contribution in [0.3, 0.4) is 0 Å². The van der Waals surface area contributed by atoms with E-state index in [0.29, 0.717) is 0 Å². The molecule has 0 spiro atoms. The fraction of sp³-hybridized carbons (Fsp3) is 0.353. The molecule has 0 bridgehead atoms. The molecule has 0 aromatic heterocycles. The van der Waals surface area contributed by atoms with Crippen molar-refractivity contribution >= 4 is 11.9 Å². The smallest absolute Gasteiger partial charge is 0.0444 e. The van der Waals surface area contributed by atoms with E-state index in [0.717, 1.165) is 29.9 Å². The van der Waals surface area contributed by atoms with E-state index in [1.165, 1.54) is 16.8 Å². The van der Waals surface area contributed by atoms with Gasteiger partial charge < -0.3 is 4.90 Å². The van der Waals surface area contributed by atoms with Gasteiger partial charge in [-0.1, -0.05) is 24.3 Å². The summed E-state index contributed by atoms with van der Waals surface area (Å²) in [5.74, 6) is 0. The second kappa shape index (κ2) is 5.43. The van der Waals surface area contributed by atoms with Crippen molar-refractivity contribution in [2.75, 3.05) is 11.4 Å². The monoisotopic (exact) mass is 254 g/mol. The Labute approximate surface area is 116 Å². The minimum absolute atomic E-state index is 1.01. The number of hydrogen-bond donors (Lipinski definition) is 0. The predicted molar refractivity (Wildman–Crippen MR) is 83.9 cm³/mol. The Hall–Kier alpha value is -1.83. The zero-order valence-corrected chi connectivity index (χ0v) is 12.3. The van der Waals surface area contributed by atoms with E-state index >= 15 is 0 Å². The lowest BCUT2D eigenvalue weighted by Gasteiger charge is -2.23. The second-order valence-electron chi connectivity index (χ2n) is 5.08. The van der Waals surface area contributed by atoms with E-state index in [2.05, 4.69) is 48.5 Å². The summed E-state index contributed by atoms with van der Waals surface area (Å²) in [6.45, 7) is 13.5. The molecule has 1 aliphatic heterocycles. The fourth-order valence-corrected chi connectivity index (χ4v) is 2.51. The fourth-order valence-electron chi connectivity index (χ4n) is 2.51. The van der Waals surface area contributed by atoms with E-state index in [-0.39, 0.29) is 0 Å². The molecule has 0 N–H and O–H groups in total. The van der Waals surface area contributed by atoms with Crippen molar-refractivity contribution in [2.45, 2.75) is 34.1 Å². The average Bonchev–Trinajstić information content (AvgIpc) is 2.80. The van der Waals surface area contributed by atoms with Crippen molar-refractivity contribution in [2.24, 2.45) is 4.99 Å². The Bertz CT molecular complexity index is 565. The Kier molecular flexibility index (Phi) is 3.89. The van der Waals surface area contributed by atoms with Gasteiger partial charge in [0.2, 0.25) is 0 Å². The van der Waals surface area contributed by atoms with E-state index in [1.807, 2.05) is 20.1 Å². The largest absolute Gasteiger partial charge is 0.341 e.